The van der Waals surface area contributed by atoms with Gasteiger partial charge in [-0.25, -0.2) is 0 Å². The standard InChI is InChI=1S/C29H40P2/c1-23(30(24-17-8-9-18-24)25-19-10-11-20-25)28-21-12-22-29(28)31(26-13-4-2-5-14-26)27-15-6-3-7-16-27/h2-7,13-16,23-25,28-29H,8-12,17-22H2,1H3/t23-,28?,29?/m1/s1. The van der Waals surface area contributed by atoms with Gasteiger partial charge in [0.05, 0.1) is 0 Å². The highest BCUT2D eigenvalue weighted by Gasteiger charge is 2.44. The molecule has 0 aliphatic heterocycles. The topological polar surface area (TPSA) is 0 Å². The summed E-state index contributed by atoms with van der Waals surface area (Å²) in [6.07, 6.45) is 16.6. The second-order valence-electron chi connectivity index (χ2n) is 10.3. The summed E-state index contributed by atoms with van der Waals surface area (Å²) < 4.78 is 0. The molecule has 2 aromatic rings. The van der Waals surface area contributed by atoms with Crippen LogP contribution >= 0.6 is 15.8 Å². The normalized spacial score (nSPS) is 26.3. The lowest BCUT2D eigenvalue weighted by molar-refractivity contribution is 0.538. The van der Waals surface area contributed by atoms with Crippen molar-refractivity contribution in [2.24, 2.45) is 5.92 Å². The van der Waals surface area contributed by atoms with Gasteiger partial charge in [-0.15, -0.1) is 0 Å². The SMILES string of the molecule is C[C@H](C1CCCC1P(c1ccccc1)c1ccccc1)P(C1CCCC1)C1CCCC1. The summed E-state index contributed by atoms with van der Waals surface area (Å²) in [7, 11) is -0.0765. The second kappa shape index (κ2) is 10.5. The quantitative estimate of drug-likeness (QED) is 0.374. The van der Waals surface area contributed by atoms with Gasteiger partial charge in [-0.3, -0.25) is 0 Å². The van der Waals surface area contributed by atoms with Crippen molar-refractivity contribution >= 4 is 26.5 Å². The molecular weight excluding hydrogens is 410 g/mol. The zero-order valence-electron chi connectivity index (χ0n) is 19.3. The Bertz CT molecular complexity index is 737. The van der Waals surface area contributed by atoms with E-state index in [9.17, 15) is 0 Å². The van der Waals surface area contributed by atoms with Gasteiger partial charge in [0.2, 0.25) is 0 Å². The summed E-state index contributed by atoms with van der Waals surface area (Å²) in [5.41, 5.74) is 4.02. The molecule has 0 N–H and O–H groups in total. The lowest BCUT2D eigenvalue weighted by Crippen LogP contribution is -2.32. The maximum absolute atomic E-state index is 2.73. The minimum absolute atomic E-state index is 0.186. The van der Waals surface area contributed by atoms with Crippen molar-refractivity contribution in [2.45, 2.75) is 100 Å². The Morgan fingerprint density at radius 1 is 0.613 bits per heavy atom. The first-order valence-electron chi connectivity index (χ1n) is 13.0. The molecule has 2 unspecified atom stereocenters. The summed E-state index contributed by atoms with van der Waals surface area (Å²) in [6.45, 7) is 2.73. The Morgan fingerprint density at radius 2 is 1.10 bits per heavy atom. The van der Waals surface area contributed by atoms with Crippen molar-refractivity contribution in [1.82, 2.24) is 0 Å². The number of hydrogen-bond acceptors (Lipinski definition) is 0. The van der Waals surface area contributed by atoms with E-state index in [1.54, 1.807) is 36.3 Å². The minimum Gasteiger partial charge on any atom is -0.0971 e. The van der Waals surface area contributed by atoms with Crippen molar-refractivity contribution in [2.75, 3.05) is 0 Å². The molecule has 3 aliphatic rings. The van der Waals surface area contributed by atoms with Gasteiger partial charge >= 0.3 is 0 Å². The monoisotopic (exact) mass is 450 g/mol. The first kappa shape index (κ1) is 22.1. The Kier molecular flexibility index (Phi) is 7.48. The third kappa shape index (κ3) is 4.82. The zero-order valence-corrected chi connectivity index (χ0v) is 21.1. The van der Waals surface area contributed by atoms with Crippen LogP contribution in [-0.4, -0.2) is 22.6 Å². The summed E-state index contributed by atoms with van der Waals surface area (Å²) in [6, 6.07) is 23.2. The van der Waals surface area contributed by atoms with E-state index in [-0.39, 0.29) is 15.8 Å². The molecule has 166 valence electrons. The molecule has 3 fully saturated rings. The first-order valence-corrected chi connectivity index (χ1v) is 16.0. The van der Waals surface area contributed by atoms with E-state index in [1.807, 2.05) is 0 Å². The van der Waals surface area contributed by atoms with Crippen LogP contribution in [0, 0.1) is 5.92 Å². The van der Waals surface area contributed by atoms with Crippen molar-refractivity contribution in [3.8, 4) is 0 Å². The average Bonchev–Trinajstić information content (AvgIpc) is 3.59. The summed E-state index contributed by atoms with van der Waals surface area (Å²) >= 11 is 0. The fourth-order valence-corrected chi connectivity index (χ4v) is 15.2. The average molecular weight is 451 g/mol. The number of hydrogen-bond donors (Lipinski definition) is 0. The fraction of sp³-hybridized carbons (Fsp3) is 0.586. The van der Waals surface area contributed by atoms with E-state index >= 15 is 0 Å². The predicted molar refractivity (Wildman–Crippen MR) is 141 cm³/mol. The Morgan fingerprint density at radius 3 is 1.58 bits per heavy atom. The predicted octanol–water partition coefficient (Wildman–Crippen LogP) is 8.04. The van der Waals surface area contributed by atoms with Gasteiger partial charge < -0.3 is 0 Å². The fourth-order valence-electron chi connectivity index (χ4n) is 7.15. The van der Waals surface area contributed by atoms with Gasteiger partial charge in [0.1, 0.15) is 0 Å². The van der Waals surface area contributed by atoms with Gasteiger partial charge in [0, 0.05) is 0 Å². The molecule has 0 bridgehead atoms. The smallest absolute Gasteiger partial charge is 0.00945 e. The molecular formula is C29H40P2. The van der Waals surface area contributed by atoms with E-state index in [1.165, 1.54) is 44.9 Å². The highest BCUT2D eigenvalue weighted by molar-refractivity contribution is 7.73. The van der Waals surface area contributed by atoms with E-state index in [2.05, 4.69) is 67.6 Å². The largest absolute Gasteiger partial charge is 0.0971 e. The van der Waals surface area contributed by atoms with Crippen LogP contribution in [-0.2, 0) is 0 Å². The van der Waals surface area contributed by atoms with E-state index < -0.39 is 0 Å². The van der Waals surface area contributed by atoms with Crippen molar-refractivity contribution in [3.05, 3.63) is 60.7 Å². The third-order valence-electron chi connectivity index (χ3n) is 8.51. The minimum atomic E-state index is -0.263. The molecule has 5 rings (SSSR count). The number of rotatable bonds is 7. The molecule has 0 spiro atoms. The van der Waals surface area contributed by atoms with E-state index in [0.29, 0.717) is 0 Å². The number of benzene rings is 2. The summed E-state index contributed by atoms with van der Waals surface area (Å²) in [4.78, 5) is 0. The van der Waals surface area contributed by atoms with Crippen LogP contribution in [0.15, 0.2) is 60.7 Å². The van der Waals surface area contributed by atoms with Crippen molar-refractivity contribution < 1.29 is 0 Å². The van der Waals surface area contributed by atoms with Gasteiger partial charge in [0.25, 0.3) is 0 Å². The highest BCUT2D eigenvalue weighted by Crippen LogP contribution is 2.65. The van der Waals surface area contributed by atoms with Gasteiger partial charge in [0.15, 0.2) is 0 Å². The van der Waals surface area contributed by atoms with Crippen LogP contribution in [0.3, 0.4) is 0 Å². The van der Waals surface area contributed by atoms with Crippen LogP contribution in [0.2, 0.25) is 0 Å². The molecule has 0 radical (unpaired) electrons. The molecule has 0 heterocycles. The second-order valence-corrected chi connectivity index (χ2v) is 15.9. The van der Waals surface area contributed by atoms with Crippen molar-refractivity contribution in [3.63, 3.8) is 0 Å². The summed E-state index contributed by atoms with van der Waals surface area (Å²) in [5.74, 6) is 0.943. The van der Waals surface area contributed by atoms with Gasteiger partial charge in [-0.2, -0.15) is 0 Å². The molecule has 0 amide bonds. The molecule has 0 aromatic heterocycles. The van der Waals surface area contributed by atoms with Crippen LogP contribution < -0.4 is 10.6 Å². The lowest BCUT2D eigenvalue weighted by Gasteiger charge is -2.42. The Hall–Kier alpha value is -0.700. The first-order chi connectivity index (χ1) is 15.3. The molecule has 3 aliphatic carbocycles. The maximum atomic E-state index is 2.73. The van der Waals surface area contributed by atoms with Gasteiger partial charge in [-0.05, 0) is 85.6 Å². The Labute approximate surface area is 193 Å². The highest BCUT2D eigenvalue weighted by atomic mass is 31.1. The Balaban J connectivity index is 1.46. The molecule has 3 atom stereocenters. The van der Waals surface area contributed by atoms with Crippen LogP contribution in [0.1, 0.15) is 77.6 Å². The molecule has 0 nitrogen and oxygen atoms in total. The molecule has 31 heavy (non-hydrogen) atoms. The van der Waals surface area contributed by atoms with Crippen LogP contribution in [0.25, 0.3) is 0 Å². The lowest BCUT2D eigenvalue weighted by atomic mass is 10.0. The van der Waals surface area contributed by atoms with Crippen molar-refractivity contribution in [1.29, 1.82) is 0 Å². The van der Waals surface area contributed by atoms with E-state index in [0.717, 1.165) is 28.6 Å². The van der Waals surface area contributed by atoms with Crippen LogP contribution in [0.4, 0.5) is 0 Å². The van der Waals surface area contributed by atoms with Gasteiger partial charge in [-0.1, -0.05) is 108 Å². The summed E-state index contributed by atoms with van der Waals surface area (Å²) in [5, 5.41) is 3.22. The molecule has 3 saturated carbocycles. The van der Waals surface area contributed by atoms with E-state index in [4.69, 9.17) is 0 Å². The molecule has 0 saturated heterocycles. The molecule has 2 heteroatoms. The van der Waals surface area contributed by atoms with Crippen LogP contribution in [0.5, 0.6) is 0 Å². The third-order valence-corrected chi connectivity index (χ3v) is 15.6. The zero-order chi connectivity index (χ0) is 21.0. The molecule has 2 aromatic carbocycles. The maximum Gasteiger partial charge on any atom is -0.00945 e.